The summed E-state index contributed by atoms with van der Waals surface area (Å²) in [5.41, 5.74) is 2.49. The summed E-state index contributed by atoms with van der Waals surface area (Å²) in [4.78, 5) is 11.9. The van der Waals surface area contributed by atoms with Gasteiger partial charge in [-0.25, -0.2) is 13.8 Å². The first-order valence-corrected chi connectivity index (χ1v) is 12.3. The third kappa shape index (κ3) is 4.48. The SMILES string of the molecule is Fc1cc(C2=CCCCC2)cc(F)c1CNc1nc2nc(O[C@@H]3CO[C@@H]4CCOC43)[nH]c2cc1Cl. The number of ether oxygens (including phenoxy) is 3. The zero-order valence-corrected chi connectivity index (χ0v) is 19.7. The van der Waals surface area contributed by atoms with Gasteiger partial charge in [0.05, 0.1) is 23.3 Å². The number of pyridine rings is 1. The van der Waals surface area contributed by atoms with Gasteiger partial charge in [0.25, 0.3) is 6.01 Å². The predicted molar refractivity (Wildman–Crippen MR) is 128 cm³/mol. The van der Waals surface area contributed by atoms with E-state index in [2.05, 4.69) is 26.3 Å². The molecule has 0 bridgehead atoms. The van der Waals surface area contributed by atoms with E-state index >= 15 is 0 Å². The lowest BCUT2D eigenvalue weighted by Crippen LogP contribution is -2.32. The fourth-order valence-corrected chi connectivity index (χ4v) is 5.20. The van der Waals surface area contributed by atoms with Crippen LogP contribution in [-0.2, 0) is 16.0 Å². The van der Waals surface area contributed by atoms with Crippen LogP contribution < -0.4 is 10.1 Å². The van der Waals surface area contributed by atoms with Crippen LogP contribution in [0.2, 0.25) is 5.02 Å². The summed E-state index contributed by atoms with van der Waals surface area (Å²) in [7, 11) is 0. The van der Waals surface area contributed by atoms with Crippen LogP contribution in [0.4, 0.5) is 14.6 Å². The number of aromatic nitrogens is 3. The highest BCUT2D eigenvalue weighted by molar-refractivity contribution is 6.33. The molecular weight excluding hydrogens is 478 g/mol. The molecule has 10 heteroatoms. The molecular formula is C25H25ClF2N4O3. The monoisotopic (exact) mass is 502 g/mol. The first kappa shape index (κ1) is 22.7. The molecule has 2 aliphatic heterocycles. The van der Waals surface area contributed by atoms with Crippen LogP contribution in [0.15, 0.2) is 24.3 Å². The lowest BCUT2D eigenvalue weighted by molar-refractivity contribution is 0.0273. The van der Waals surface area contributed by atoms with E-state index in [9.17, 15) is 8.78 Å². The third-order valence-electron chi connectivity index (χ3n) is 6.82. The summed E-state index contributed by atoms with van der Waals surface area (Å²) >= 11 is 6.38. The van der Waals surface area contributed by atoms with Crippen LogP contribution in [0.1, 0.15) is 43.2 Å². The highest BCUT2D eigenvalue weighted by Gasteiger charge is 2.43. The first-order valence-electron chi connectivity index (χ1n) is 11.9. The molecule has 2 fully saturated rings. The molecule has 7 nitrogen and oxygen atoms in total. The predicted octanol–water partition coefficient (Wildman–Crippen LogP) is 5.39. The molecule has 0 spiro atoms. The number of anilines is 1. The Kier molecular flexibility index (Phi) is 6.07. The van der Waals surface area contributed by atoms with Gasteiger partial charge in [-0.05, 0) is 61.4 Å². The number of H-pyrrole nitrogens is 1. The van der Waals surface area contributed by atoms with Gasteiger partial charge in [0.15, 0.2) is 11.8 Å². The number of allylic oxidation sites excluding steroid dienone is 2. The highest BCUT2D eigenvalue weighted by Crippen LogP contribution is 2.32. The van der Waals surface area contributed by atoms with Crippen LogP contribution >= 0.6 is 11.6 Å². The third-order valence-corrected chi connectivity index (χ3v) is 7.11. The summed E-state index contributed by atoms with van der Waals surface area (Å²) in [6, 6.07) is 4.74. The van der Waals surface area contributed by atoms with Gasteiger partial charge in [-0.15, -0.1) is 0 Å². The van der Waals surface area contributed by atoms with Crippen molar-refractivity contribution in [2.45, 2.75) is 57.0 Å². The second-order valence-electron chi connectivity index (χ2n) is 9.13. The van der Waals surface area contributed by atoms with Crippen LogP contribution in [0.5, 0.6) is 6.01 Å². The maximum absolute atomic E-state index is 14.8. The number of halogens is 3. The van der Waals surface area contributed by atoms with E-state index in [1.807, 2.05) is 0 Å². The number of benzene rings is 1. The Hall–Kier alpha value is -2.75. The average molecular weight is 503 g/mol. The average Bonchev–Trinajstić information content (AvgIpc) is 3.56. The number of aromatic amines is 1. The Balaban J connectivity index is 1.18. The van der Waals surface area contributed by atoms with Crippen molar-refractivity contribution in [3.8, 4) is 6.01 Å². The van der Waals surface area contributed by atoms with Crippen molar-refractivity contribution in [1.82, 2.24) is 15.0 Å². The summed E-state index contributed by atoms with van der Waals surface area (Å²) in [5.74, 6) is -0.922. The maximum atomic E-state index is 14.8. The molecule has 35 heavy (non-hydrogen) atoms. The molecule has 0 radical (unpaired) electrons. The van der Waals surface area contributed by atoms with Gasteiger partial charge in [0, 0.05) is 18.7 Å². The lowest BCUT2D eigenvalue weighted by atomic mass is 9.93. The number of hydrogen-bond acceptors (Lipinski definition) is 6. The van der Waals surface area contributed by atoms with Gasteiger partial charge in [-0.2, -0.15) is 4.98 Å². The van der Waals surface area contributed by atoms with E-state index in [1.54, 1.807) is 6.07 Å². The lowest BCUT2D eigenvalue weighted by Gasteiger charge is -2.15. The van der Waals surface area contributed by atoms with E-state index in [1.165, 1.54) is 12.1 Å². The quantitative estimate of drug-likeness (QED) is 0.470. The molecule has 3 atom stereocenters. The molecule has 0 amide bonds. The van der Waals surface area contributed by atoms with Gasteiger partial charge >= 0.3 is 0 Å². The first-order chi connectivity index (χ1) is 17.0. The Morgan fingerprint density at radius 3 is 2.80 bits per heavy atom. The minimum Gasteiger partial charge on any atom is -0.456 e. The van der Waals surface area contributed by atoms with Crippen molar-refractivity contribution < 1.29 is 23.0 Å². The standard InChI is InChI=1S/C25H25ClF2N4O3/c26-16-10-19-24(32-25(30-19)35-21-12-34-20-6-7-33-22(20)21)31-23(16)29-11-15-17(27)8-14(9-18(15)28)13-4-2-1-3-5-13/h4,8-10,20-22H,1-3,5-7,11-12H2,(H2,29,30,31,32)/t20-,21-,22?/m1/s1. The molecule has 6 rings (SSSR count). The van der Waals surface area contributed by atoms with Crippen molar-refractivity contribution in [2.75, 3.05) is 18.5 Å². The molecule has 2 N–H and O–H groups in total. The molecule has 3 aromatic rings. The van der Waals surface area contributed by atoms with Gasteiger partial charge in [0.1, 0.15) is 23.6 Å². The maximum Gasteiger partial charge on any atom is 0.296 e. The summed E-state index contributed by atoms with van der Waals surface area (Å²) in [6.07, 6.45) is 6.55. The van der Waals surface area contributed by atoms with E-state index in [-0.39, 0.29) is 42.2 Å². The Morgan fingerprint density at radius 2 is 2.00 bits per heavy atom. The molecule has 184 valence electrons. The van der Waals surface area contributed by atoms with Gasteiger partial charge in [-0.3, -0.25) is 0 Å². The molecule has 4 heterocycles. The molecule has 1 aromatic carbocycles. The largest absolute Gasteiger partial charge is 0.456 e. The van der Waals surface area contributed by atoms with Gasteiger partial charge < -0.3 is 24.5 Å². The minimum absolute atomic E-state index is 0.0574. The number of imidazole rings is 1. The molecule has 3 aliphatic rings. The second kappa shape index (κ2) is 9.37. The van der Waals surface area contributed by atoms with E-state index in [0.29, 0.717) is 35.0 Å². The van der Waals surface area contributed by atoms with Crippen LogP contribution in [0.25, 0.3) is 16.7 Å². The number of fused-ring (bicyclic) bond motifs is 2. The smallest absolute Gasteiger partial charge is 0.296 e. The van der Waals surface area contributed by atoms with Gasteiger partial charge in [-0.1, -0.05) is 17.7 Å². The fourth-order valence-electron chi connectivity index (χ4n) is 4.98. The number of hydrogen-bond donors (Lipinski definition) is 2. The van der Waals surface area contributed by atoms with Crippen molar-refractivity contribution in [2.24, 2.45) is 0 Å². The molecule has 2 aromatic heterocycles. The van der Waals surface area contributed by atoms with Crippen molar-refractivity contribution in [1.29, 1.82) is 0 Å². The van der Waals surface area contributed by atoms with E-state index in [4.69, 9.17) is 25.8 Å². The molecule has 1 aliphatic carbocycles. The second-order valence-corrected chi connectivity index (χ2v) is 9.54. The molecule has 1 unspecified atom stereocenters. The van der Waals surface area contributed by atoms with Crippen molar-refractivity contribution in [3.05, 3.63) is 52.1 Å². The van der Waals surface area contributed by atoms with Gasteiger partial charge in [0.2, 0.25) is 0 Å². The van der Waals surface area contributed by atoms with Crippen LogP contribution in [-0.4, -0.2) is 46.5 Å². The Bertz CT molecular complexity index is 1270. The van der Waals surface area contributed by atoms with E-state index < -0.39 is 11.6 Å². The topological polar surface area (TPSA) is 81.3 Å². The Labute approximate surface area is 205 Å². The van der Waals surface area contributed by atoms with E-state index in [0.717, 1.165) is 37.7 Å². The molecule has 2 saturated heterocycles. The van der Waals surface area contributed by atoms with Crippen LogP contribution in [0.3, 0.4) is 0 Å². The summed E-state index contributed by atoms with van der Waals surface area (Å²) < 4.78 is 47.0. The highest BCUT2D eigenvalue weighted by atomic mass is 35.5. The zero-order chi connectivity index (χ0) is 23.9. The summed E-state index contributed by atoms with van der Waals surface area (Å²) in [6.45, 7) is 0.979. The Morgan fingerprint density at radius 1 is 1.14 bits per heavy atom. The number of nitrogens with zero attached hydrogens (tertiary/aromatic N) is 2. The normalized spacial score (nSPS) is 24.0. The summed E-state index contributed by atoms with van der Waals surface area (Å²) in [5, 5.41) is 3.23. The minimum atomic E-state index is -0.599. The van der Waals surface area contributed by atoms with Crippen molar-refractivity contribution in [3.63, 3.8) is 0 Å². The van der Waals surface area contributed by atoms with Crippen LogP contribution in [0, 0.1) is 11.6 Å². The molecule has 0 saturated carbocycles. The van der Waals surface area contributed by atoms with Crippen molar-refractivity contribution >= 4 is 34.2 Å². The zero-order valence-electron chi connectivity index (χ0n) is 19.0. The number of rotatable bonds is 6. The fraction of sp³-hybridized carbons (Fsp3) is 0.440. The number of nitrogens with one attached hydrogen (secondary N) is 2.